The van der Waals surface area contributed by atoms with Crippen molar-refractivity contribution in [2.24, 2.45) is 0 Å². The number of thiazole rings is 1. The SMILES string of the molecule is CN(C)CCN(C(=O)c1cccc(S(C)(=O)=O)c1)c1nc2ccc([N+](=O)[O-])cc2s1. The van der Waals surface area contributed by atoms with E-state index in [9.17, 15) is 23.3 Å². The summed E-state index contributed by atoms with van der Waals surface area (Å²) in [6.45, 7) is 0.866. The number of rotatable bonds is 7. The number of fused-ring (bicyclic) bond motifs is 1. The van der Waals surface area contributed by atoms with E-state index in [-0.39, 0.29) is 16.1 Å². The van der Waals surface area contributed by atoms with Gasteiger partial charge in [-0.15, -0.1) is 0 Å². The predicted octanol–water partition coefficient (Wildman–Crippen LogP) is 2.82. The number of amides is 1. The number of carbonyl (C=O) groups excluding carboxylic acids is 1. The van der Waals surface area contributed by atoms with Gasteiger partial charge < -0.3 is 4.90 Å². The second kappa shape index (κ2) is 8.46. The lowest BCUT2D eigenvalue weighted by Gasteiger charge is -2.22. The average molecular weight is 449 g/mol. The van der Waals surface area contributed by atoms with Crippen molar-refractivity contribution in [3.05, 3.63) is 58.1 Å². The van der Waals surface area contributed by atoms with Crippen LogP contribution in [0.5, 0.6) is 0 Å². The summed E-state index contributed by atoms with van der Waals surface area (Å²) in [7, 11) is 0.275. The van der Waals surface area contributed by atoms with Crippen molar-refractivity contribution in [1.29, 1.82) is 0 Å². The molecule has 1 aromatic heterocycles. The van der Waals surface area contributed by atoms with Crippen LogP contribution in [0.4, 0.5) is 10.8 Å². The van der Waals surface area contributed by atoms with E-state index < -0.39 is 20.7 Å². The third kappa shape index (κ3) is 4.81. The van der Waals surface area contributed by atoms with Crippen LogP contribution in [0.15, 0.2) is 47.4 Å². The van der Waals surface area contributed by atoms with Crippen molar-refractivity contribution in [3.8, 4) is 0 Å². The number of nitro groups is 1. The van der Waals surface area contributed by atoms with Crippen LogP contribution in [-0.4, -0.2) is 62.6 Å². The Morgan fingerprint density at radius 3 is 2.53 bits per heavy atom. The number of hydrogen-bond acceptors (Lipinski definition) is 8. The summed E-state index contributed by atoms with van der Waals surface area (Å²) in [5.41, 5.74) is 0.722. The van der Waals surface area contributed by atoms with Crippen molar-refractivity contribution in [1.82, 2.24) is 9.88 Å². The average Bonchev–Trinajstić information content (AvgIpc) is 3.10. The molecule has 11 heteroatoms. The fourth-order valence-electron chi connectivity index (χ4n) is 2.73. The number of benzene rings is 2. The standard InChI is InChI=1S/C19H20N4O5S2/c1-21(2)9-10-22(18(24)13-5-4-6-15(11-13)30(3,27)28)19-20-16-8-7-14(23(25)26)12-17(16)29-19/h4-8,11-12H,9-10H2,1-3H3. The molecular weight excluding hydrogens is 428 g/mol. The lowest BCUT2D eigenvalue weighted by atomic mass is 10.2. The molecule has 1 amide bonds. The number of likely N-dealkylation sites (N-methyl/N-ethyl adjacent to an activating group) is 1. The molecule has 0 aliphatic heterocycles. The van der Waals surface area contributed by atoms with Gasteiger partial charge in [0.1, 0.15) is 0 Å². The van der Waals surface area contributed by atoms with Crippen molar-refractivity contribution in [3.63, 3.8) is 0 Å². The Hall–Kier alpha value is -2.89. The molecule has 0 N–H and O–H groups in total. The largest absolute Gasteiger partial charge is 0.308 e. The molecule has 0 spiro atoms. The summed E-state index contributed by atoms with van der Waals surface area (Å²) < 4.78 is 24.3. The van der Waals surface area contributed by atoms with Crippen molar-refractivity contribution in [2.75, 3.05) is 38.3 Å². The van der Waals surface area contributed by atoms with Crippen LogP contribution in [0.1, 0.15) is 10.4 Å². The van der Waals surface area contributed by atoms with E-state index in [0.29, 0.717) is 28.4 Å². The lowest BCUT2D eigenvalue weighted by molar-refractivity contribution is -0.384. The third-order valence-electron chi connectivity index (χ3n) is 4.33. The molecule has 9 nitrogen and oxygen atoms in total. The van der Waals surface area contributed by atoms with Gasteiger partial charge in [-0.25, -0.2) is 13.4 Å². The molecule has 30 heavy (non-hydrogen) atoms. The Morgan fingerprint density at radius 1 is 1.17 bits per heavy atom. The fraction of sp³-hybridized carbons (Fsp3) is 0.263. The van der Waals surface area contributed by atoms with Gasteiger partial charge in [-0.1, -0.05) is 17.4 Å². The van der Waals surface area contributed by atoms with Gasteiger partial charge in [0, 0.05) is 37.0 Å². The summed E-state index contributed by atoms with van der Waals surface area (Å²) in [4.78, 5) is 31.7. The van der Waals surface area contributed by atoms with Gasteiger partial charge >= 0.3 is 0 Å². The highest BCUT2D eigenvalue weighted by Gasteiger charge is 2.23. The number of non-ortho nitro benzene ring substituents is 1. The molecule has 0 unspecified atom stereocenters. The van der Waals surface area contributed by atoms with Gasteiger partial charge in [0.2, 0.25) is 0 Å². The first kappa shape index (κ1) is 21.8. The summed E-state index contributed by atoms with van der Waals surface area (Å²) in [6.07, 6.45) is 1.08. The molecule has 0 aliphatic carbocycles. The maximum Gasteiger partial charge on any atom is 0.270 e. The molecule has 3 rings (SSSR count). The van der Waals surface area contributed by atoms with E-state index in [0.717, 1.165) is 6.26 Å². The summed E-state index contributed by atoms with van der Waals surface area (Å²) in [6, 6.07) is 10.2. The van der Waals surface area contributed by atoms with Crippen LogP contribution in [0, 0.1) is 10.1 Å². The van der Waals surface area contributed by atoms with Gasteiger partial charge in [-0.05, 0) is 38.4 Å². The molecule has 0 saturated carbocycles. The first-order valence-electron chi connectivity index (χ1n) is 8.88. The van der Waals surface area contributed by atoms with E-state index >= 15 is 0 Å². The minimum atomic E-state index is -3.46. The molecule has 2 aromatic carbocycles. The smallest absolute Gasteiger partial charge is 0.270 e. The number of aromatic nitrogens is 1. The summed E-state index contributed by atoms with van der Waals surface area (Å²) in [5.74, 6) is -0.393. The molecule has 3 aromatic rings. The zero-order valence-corrected chi connectivity index (χ0v) is 18.2. The maximum absolute atomic E-state index is 13.3. The summed E-state index contributed by atoms with van der Waals surface area (Å²) >= 11 is 1.17. The molecule has 0 radical (unpaired) electrons. The Labute approximate surface area is 177 Å². The maximum atomic E-state index is 13.3. The topological polar surface area (TPSA) is 114 Å². The number of hydrogen-bond donors (Lipinski definition) is 0. The van der Waals surface area contributed by atoms with Gasteiger partial charge in [0.15, 0.2) is 15.0 Å². The molecule has 1 heterocycles. The first-order valence-corrected chi connectivity index (χ1v) is 11.6. The van der Waals surface area contributed by atoms with Crippen molar-refractivity contribution >= 4 is 48.1 Å². The normalized spacial score (nSPS) is 11.7. The third-order valence-corrected chi connectivity index (χ3v) is 6.48. The molecular formula is C19H20N4O5S2. The second-order valence-corrected chi connectivity index (χ2v) is 9.99. The summed E-state index contributed by atoms with van der Waals surface area (Å²) in [5, 5.41) is 11.4. The van der Waals surface area contributed by atoms with Crippen LogP contribution in [0.3, 0.4) is 0 Å². The van der Waals surface area contributed by atoms with Gasteiger partial charge in [0.25, 0.3) is 11.6 Å². The van der Waals surface area contributed by atoms with E-state index in [4.69, 9.17) is 0 Å². The van der Waals surface area contributed by atoms with Crippen molar-refractivity contribution < 1.29 is 18.1 Å². The van der Waals surface area contributed by atoms with Gasteiger partial charge in [-0.2, -0.15) is 0 Å². The molecule has 0 aliphatic rings. The Kier molecular flexibility index (Phi) is 6.15. The van der Waals surface area contributed by atoms with Crippen LogP contribution in [-0.2, 0) is 9.84 Å². The van der Waals surface area contributed by atoms with Crippen LogP contribution in [0.2, 0.25) is 0 Å². The highest BCUT2D eigenvalue weighted by Crippen LogP contribution is 2.32. The minimum absolute atomic E-state index is 0.0512. The molecule has 0 saturated heterocycles. The zero-order chi connectivity index (χ0) is 22.1. The Bertz CT molecular complexity index is 1220. The van der Waals surface area contributed by atoms with E-state index in [2.05, 4.69) is 4.98 Å². The van der Waals surface area contributed by atoms with Crippen LogP contribution in [0.25, 0.3) is 10.2 Å². The van der Waals surface area contributed by atoms with Gasteiger partial charge in [-0.3, -0.25) is 19.8 Å². The second-order valence-electron chi connectivity index (χ2n) is 6.97. The Morgan fingerprint density at radius 2 is 1.90 bits per heavy atom. The Balaban J connectivity index is 2.04. The number of nitrogens with zero attached hydrogens (tertiary/aromatic N) is 4. The lowest BCUT2D eigenvalue weighted by Crippen LogP contribution is -2.36. The molecule has 0 bridgehead atoms. The monoisotopic (exact) mass is 448 g/mol. The minimum Gasteiger partial charge on any atom is -0.308 e. The first-order chi connectivity index (χ1) is 14.1. The number of carbonyl (C=O) groups is 1. The molecule has 0 fully saturated rings. The van der Waals surface area contributed by atoms with Gasteiger partial charge in [0.05, 0.1) is 20.0 Å². The van der Waals surface area contributed by atoms with Crippen LogP contribution >= 0.6 is 11.3 Å². The number of anilines is 1. The van der Waals surface area contributed by atoms with E-state index in [1.807, 2.05) is 19.0 Å². The highest BCUT2D eigenvalue weighted by atomic mass is 32.2. The molecule has 158 valence electrons. The van der Waals surface area contributed by atoms with E-state index in [1.54, 1.807) is 12.1 Å². The predicted molar refractivity (Wildman–Crippen MR) is 116 cm³/mol. The highest BCUT2D eigenvalue weighted by molar-refractivity contribution is 7.90. The molecule has 0 atom stereocenters. The van der Waals surface area contributed by atoms with Crippen LogP contribution < -0.4 is 4.90 Å². The zero-order valence-electron chi connectivity index (χ0n) is 16.6. The van der Waals surface area contributed by atoms with Crippen molar-refractivity contribution in [2.45, 2.75) is 4.90 Å². The van der Waals surface area contributed by atoms with E-state index in [1.165, 1.54) is 46.6 Å². The number of nitro benzene ring substituents is 1. The fourth-order valence-corrected chi connectivity index (χ4v) is 4.42. The number of sulfone groups is 1. The quantitative estimate of drug-likeness (QED) is 0.403.